The van der Waals surface area contributed by atoms with Gasteiger partial charge in [-0.25, -0.2) is 8.42 Å². The van der Waals surface area contributed by atoms with Gasteiger partial charge in [0.05, 0.1) is 37.6 Å². The molecular weight excluding hydrogens is 248 g/mol. The molecule has 0 unspecified atom stereocenters. The molecule has 0 aromatic carbocycles. The Kier molecular flexibility index (Phi) is 2.89. The van der Waals surface area contributed by atoms with Crippen molar-refractivity contribution in [2.75, 3.05) is 25.7 Å². The van der Waals surface area contributed by atoms with Crippen molar-refractivity contribution in [2.45, 2.75) is 0 Å². The lowest BCUT2D eigenvalue weighted by Gasteiger charge is -2.43. The standard InChI is InChI=1S/C10H14O6S/c1-15-9(11)7-5-3-17(13,14)4-6(5)8(7)10(12)16-2/h5-8H,3-4H2,1-2H3/t5-,6+,7-,8-/m0/s1. The lowest BCUT2D eigenvalue weighted by Crippen LogP contribution is -2.54. The molecule has 0 spiro atoms. The van der Waals surface area contributed by atoms with Gasteiger partial charge >= 0.3 is 11.9 Å². The van der Waals surface area contributed by atoms with Crippen LogP contribution in [0, 0.1) is 23.7 Å². The fourth-order valence-electron chi connectivity index (χ4n) is 2.94. The second kappa shape index (κ2) is 3.97. The lowest BCUT2D eigenvalue weighted by molar-refractivity contribution is -0.174. The Balaban J connectivity index is 2.26. The molecule has 1 heterocycles. The van der Waals surface area contributed by atoms with Crippen LogP contribution in [0.25, 0.3) is 0 Å². The Morgan fingerprint density at radius 1 is 0.941 bits per heavy atom. The van der Waals surface area contributed by atoms with Crippen molar-refractivity contribution in [1.82, 2.24) is 0 Å². The van der Waals surface area contributed by atoms with Gasteiger partial charge in [-0.1, -0.05) is 0 Å². The van der Waals surface area contributed by atoms with Crippen LogP contribution in [0.5, 0.6) is 0 Å². The first kappa shape index (κ1) is 12.3. The Morgan fingerprint density at radius 2 is 1.29 bits per heavy atom. The number of hydrogen-bond donors (Lipinski definition) is 0. The molecule has 2 aliphatic rings. The van der Waals surface area contributed by atoms with Gasteiger partial charge in [-0.2, -0.15) is 0 Å². The van der Waals surface area contributed by atoms with Crippen molar-refractivity contribution in [3.05, 3.63) is 0 Å². The average molecular weight is 262 g/mol. The summed E-state index contributed by atoms with van der Waals surface area (Å²) < 4.78 is 32.2. The van der Waals surface area contributed by atoms with Crippen molar-refractivity contribution >= 4 is 21.8 Å². The maximum absolute atomic E-state index is 11.6. The van der Waals surface area contributed by atoms with Crippen LogP contribution in [0.15, 0.2) is 0 Å². The molecule has 2 fully saturated rings. The summed E-state index contributed by atoms with van der Waals surface area (Å²) in [5, 5.41) is 0. The third-order valence-corrected chi connectivity index (χ3v) is 5.48. The summed E-state index contributed by atoms with van der Waals surface area (Å²) in [6, 6.07) is 0. The molecule has 1 saturated heterocycles. The first-order valence-electron chi connectivity index (χ1n) is 5.27. The molecule has 0 aromatic rings. The molecule has 0 bridgehead atoms. The second-order valence-electron chi connectivity index (χ2n) is 4.50. The predicted molar refractivity (Wildman–Crippen MR) is 56.6 cm³/mol. The molecule has 7 heteroatoms. The molecule has 1 aliphatic heterocycles. The van der Waals surface area contributed by atoms with Gasteiger partial charge in [0.1, 0.15) is 0 Å². The number of sulfone groups is 1. The second-order valence-corrected chi connectivity index (χ2v) is 6.66. The molecule has 6 nitrogen and oxygen atoms in total. The number of fused-ring (bicyclic) bond motifs is 1. The van der Waals surface area contributed by atoms with Crippen LogP contribution < -0.4 is 0 Å². The zero-order chi connectivity index (χ0) is 12.8. The van der Waals surface area contributed by atoms with E-state index in [2.05, 4.69) is 9.47 Å². The maximum atomic E-state index is 11.6. The minimum atomic E-state index is -3.15. The third kappa shape index (κ3) is 1.82. The van der Waals surface area contributed by atoms with Crippen molar-refractivity contribution < 1.29 is 27.5 Å². The molecular formula is C10H14O6S. The zero-order valence-electron chi connectivity index (χ0n) is 9.58. The fraction of sp³-hybridized carbons (Fsp3) is 0.800. The number of methoxy groups -OCH3 is 2. The van der Waals surface area contributed by atoms with E-state index in [9.17, 15) is 18.0 Å². The van der Waals surface area contributed by atoms with Crippen LogP contribution in [0.2, 0.25) is 0 Å². The van der Waals surface area contributed by atoms with Crippen LogP contribution in [0.4, 0.5) is 0 Å². The summed E-state index contributed by atoms with van der Waals surface area (Å²) in [4.78, 5) is 23.1. The number of carbonyl (C=O) groups excluding carboxylic acids is 2. The minimum Gasteiger partial charge on any atom is -0.469 e. The van der Waals surface area contributed by atoms with Gasteiger partial charge in [-0.3, -0.25) is 9.59 Å². The van der Waals surface area contributed by atoms with Gasteiger partial charge in [0.25, 0.3) is 0 Å². The third-order valence-electron chi connectivity index (χ3n) is 3.70. The number of ether oxygens (including phenoxy) is 2. The van der Waals surface area contributed by atoms with E-state index in [1.54, 1.807) is 0 Å². The summed E-state index contributed by atoms with van der Waals surface area (Å²) >= 11 is 0. The zero-order valence-corrected chi connectivity index (χ0v) is 10.4. The number of esters is 2. The van der Waals surface area contributed by atoms with Gasteiger partial charge < -0.3 is 9.47 Å². The Labute approximate surface area is 99.2 Å². The molecule has 0 N–H and O–H groups in total. The van der Waals surface area contributed by atoms with Gasteiger partial charge in [0.2, 0.25) is 0 Å². The summed E-state index contributed by atoms with van der Waals surface area (Å²) in [6.45, 7) is 0. The van der Waals surface area contributed by atoms with E-state index in [1.165, 1.54) is 14.2 Å². The monoisotopic (exact) mass is 262 g/mol. The first-order valence-corrected chi connectivity index (χ1v) is 7.09. The average Bonchev–Trinajstić information content (AvgIpc) is 2.53. The van der Waals surface area contributed by atoms with Gasteiger partial charge in [-0.05, 0) is 11.8 Å². The Hall–Kier alpha value is -1.11. The van der Waals surface area contributed by atoms with E-state index in [4.69, 9.17) is 0 Å². The highest BCUT2D eigenvalue weighted by molar-refractivity contribution is 7.91. The normalized spacial score (nSPS) is 37.8. The molecule has 0 amide bonds. The van der Waals surface area contributed by atoms with E-state index in [0.717, 1.165) is 0 Å². The van der Waals surface area contributed by atoms with Crippen molar-refractivity contribution in [3.63, 3.8) is 0 Å². The molecule has 4 atom stereocenters. The van der Waals surface area contributed by atoms with Crippen LogP contribution in [0.1, 0.15) is 0 Å². The molecule has 17 heavy (non-hydrogen) atoms. The number of rotatable bonds is 2. The highest BCUT2D eigenvalue weighted by Gasteiger charge is 2.63. The van der Waals surface area contributed by atoms with Gasteiger partial charge in [0, 0.05) is 0 Å². The molecule has 1 saturated carbocycles. The lowest BCUT2D eigenvalue weighted by atomic mass is 9.58. The summed E-state index contributed by atoms with van der Waals surface area (Å²) in [5.41, 5.74) is 0. The molecule has 96 valence electrons. The topological polar surface area (TPSA) is 86.7 Å². The summed E-state index contributed by atoms with van der Waals surface area (Å²) in [7, 11) is -0.688. The Bertz CT molecular complexity index is 417. The maximum Gasteiger partial charge on any atom is 0.309 e. The predicted octanol–water partition coefficient (Wildman–Crippen LogP) is -0.761. The first-order chi connectivity index (χ1) is 7.91. The van der Waals surface area contributed by atoms with E-state index < -0.39 is 33.6 Å². The van der Waals surface area contributed by atoms with Crippen LogP contribution in [-0.4, -0.2) is 46.1 Å². The van der Waals surface area contributed by atoms with Gasteiger partial charge in [-0.15, -0.1) is 0 Å². The highest BCUT2D eigenvalue weighted by Crippen LogP contribution is 2.52. The van der Waals surface area contributed by atoms with E-state index in [1.807, 2.05) is 0 Å². The fourth-order valence-corrected chi connectivity index (χ4v) is 5.16. The molecule has 1 aliphatic carbocycles. The number of carbonyl (C=O) groups is 2. The summed E-state index contributed by atoms with van der Waals surface area (Å²) in [6.07, 6.45) is 0. The SMILES string of the molecule is COC(=O)[C@H]1[C@@H]2CS(=O)(=O)C[C@@H]2[C@@H]1C(=O)OC. The minimum absolute atomic E-state index is 0.0368. The largest absolute Gasteiger partial charge is 0.469 e. The summed E-state index contributed by atoms with van der Waals surface area (Å²) in [5.74, 6) is -3.06. The van der Waals surface area contributed by atoms with Crippen molar-refractivity contribution in [1.29, 1.82) is 0 Å². The van der Waals surface area contributed by atoms with Crippen LogP contribution in [-0.2, 0) is 28.9 Å². The van der Waals surface area contributed by atoms with Crippen LogP contribution in [0.3, 0.4) is 0 Å². The van der Waals surface area contributed by atoms with E-state index in [-0.39, 0.29) is 23.3 Å². The van der Waals surface area contributed by atoms with E-state index >= 15 is 0 Å². The van der Waals surface area contributed by atoms with Gasteiger partial charge in [0.15, 0.2) is 9.84 Å². The Morgan fingerprint density at radius 3 is 1.59 bits per heavy atom. The quantitative estimate of drug-likeness (QED) is 0.608. The molecule has 0 aromatic heterocycles. The number of hydrogen-bond acceptors (Lipinski definition) is 6. The highest BCUT2D eigenvalue weighted by atomic mass is 32.2. The molecule has 2 rings (SSSR count). The molecule has 0 radical (unpaired) electrons. The van der Waals surface area contributed by atoms with Crippen molar-refractivity contribution in [2.24, 2.45) is 23.7 Å². The van der Waals surface area contributed by atoms with E-state index in [0.29, 0.717) is 0 Å². The van der Waals surface area contributed by atoms with Crippen molar-refractivity contribution in [3.8, 4) is 0 Å². The van der Waals surface area contributed by atoms with Crippen LogP contribution >= 0.6 is 0 Å². The smallest absolute Gasteiger partial charge is 0.309 e.